The van der Waals surface area contributed by atoms with Crippen LogP contribution in [0.25, 0.3) is 0 Å². The number of nitrogens with one attached hydrogen (secondary N) is 1. The van der Waals surface area contributed by atoms with Gasteiger partial charge in [0.25, 0.3) is 5.91 Å². The predicted molar refractivity (Wildman–Crippen MR) is 95.7 cm³/mol. The standard InChI is InChI=1S/C19H24N2O5/c1-23-14-5-6-15(18(12-14)24-2)19(22)20-13-16(17-4-3-9-26-17)21-7-10-25-11-8-21/h3-6,9,12,16H,7-8,10-11,13H2,1-2H3,(H,20,22). The number of rotatable bonds is 7. The minimum atomic E-state index is -0.200. The summed E-state index contributed by atoms with van der Waals surface area (Å²) >= 11 is 0. The smallest absolute Gasteiger partial charge is 0.255 e. The van der Waals surface area contributed by atoms with Crippen molar-refractivity contribution >= 4 is 5.91 Å². The summed E-state index contributed by atoms with van der Waals surface area (Å²) in [5, 5.41) is 2.99. The molecule has 1 aliphatic heterocycles. The first-order valence-electron chi connectivity index (χ1n) is 8.58. The monoisotopic (exact) mass is 360 g/mol. The maximum atomic E-state index is 12.7. The van der Waals surface area contributed by atoms with Gasteiger partial charge in [-0.3, -0.25) is 9.69 Å². The lowest BCUT2D eigenvalue weighted by atomic mass is 10.1. The zero-order valence-corrected chi connectivity index (χ0v) is 15.1. The molecule has 1 saturated heterocycles. The van der Waals surface area contributed by atoms with E-state index in [1.807, 2.05) is 12.1 Å². The number of carbonyl (C=O) groups excluding carboxylic acids is 1. The highest BCUT2D eigenvalue weighted by atomic mass is 16.5. The van der Waals surface area contributed by atoms with E-state index in [1.54, 1.807) is 31.6 Å². The zero-order chi connectivity index (χ0) is 18.4. The Hall–Kier alpha value is -2.51. The molecule has 0 bridgehead atoms. The van der Waals surface area contributed by atoms with Gasteiger partial charge in [-0.05, 0) is 24.3 Å². The normalized spacial score (nSPS) is 16.1. The first-order chi connectivity index (χ1) is 12.7. The fourth-order valence-corrected chi connectivity index (χ4v) is 3.05. The molecule has 0 saturated carbocycles. The lowest BCUT2D eigenvalue weighted by molar-refractivity contribution is 0.0118. The zero-order valence-electron chi connectivity index (χ0n) is 15.1. The van der Waals surface area contributed by atoms with Gasteiger partial charge in [-0.2, -0.15) is 0 Å². The molecule has 1 unspecified atom stereocenters. The molecule has 7 heteroatoms. The van der Waals surface area contributed by atoms with E-state index in [2.05, 4.69) is 10.2 Å². The van der Waals surface area contributed by atoms with Gasteiger partial charge in [0.1, 0.15) is 17.3 Å². The van der Waals surface area contributed by atoms with Crippen LogP contribution in [0.15, 0.2) is 41.0 Å². The molecule has 1 aliphatic rings. The van der Waals surface area contributed by atoms with Gasteiger partial charge in [0.15, 0.2) is 0 Å². The van der Waals surface area contributed by atoms with E-state index in [0.717, 1.165) is 18.8 Å². The van der Waals surface area contributed by atoms with Gasteiger partial charge in [0.2, 0.25) is 0 Å². The second-order valence-corrected chi connectivity index (χ2v) is 5.96. The molecular formula is C19H24N2O5. The molecule has 1 aromatic carbocycles. The Kier molecular flexibility index (Phi) is 6.14. The van der Waals surface area contributed by atoms with Crippen molar-refractivity contribution in [2.45, 2.75) is 6.04 Å². The highest BCUT2D eigenvalue weighted by Gasteiger charge is 2.26. The molecule has 2 heterocycles. The predicted octanol–water partition coefficient (Wildman–Crippen LogP) is 2.10. The molecular weight excluding hydrogens is 336 g/mol. The first-order valence-corrected chi connectivity index (χ1v) is 8.58. The first kappa shape index (κ1) is 18.3. The van der Waals surface area contributed by atoms with Crippen molar-refractivity contribution in [3.8, 4) is 11.5 Å². The molecule has 1 aromatic heterocycles. The molecule has 1 atom stereocenters. The third-order valence-electron chi connectivity index (χ3n) is 4.47. The van der Waals surface area contributed by atoms with Crippen molar-refractivity contribution in [2.24, 2.45) is 0 Å². The summed E-state index contributed by atoms with van der Waals surface area (Å²) in [4.78, 5) is 14.9. The Morgan fingerprint density at radius 2 is 2.04 bits per heavy atom. The van der Waals surface area contributed by atoms with Gasteiger partial charge in [-0.1, -0.05) is 0 Å². The van der Waals surface area contributed by atoms with Gasteiger partial charge in [-0.25, -0.2) is 0 Å². The second kappa shape index (κ2) is 8.73. The highest BCUT2D eigenvalue weighted by molar-refractivity contribution is 5.97. The van der Waals surface area contributed by atoms with Crippen LogP contribution in [0.5, 0.6) is 11.5 Å². The maximum Gasteiger partial charge on any atom is 0.255 e. The summed E-state index contributed by atoms with van der Waals surface area (Å²) in [6.07, 6.45) is 1.65. The van der Waals surface area contributed by atoms with Crippen molar-refractivity contribution in [1.29, 1.82) is 0 Å². The number of morpholine rings is 1. The molecule has 2 aromatic rings. The fraction of sp³-hybridized carbons (Fsp3) is 0.421. The van der Waals surface area contributed by atoms with Gasteiger partial charge in [0, 0.05) is 25.7 Å². The summed E-state index contributed by atoms with van der Waals surface area (Å²) in [5.41, 5.74) is 0.466. The largest absolute Gasteiger partial charge is 0.497 e. The number of ether oxygens (including phenoxy) is 3. The minimum Gasteiger partial charge on any atom is -0.497 e. The van der Waals surface area contributed by atoms with Crippen molar-refractivity contribution in [2.75, 3.05) is 47.1 Å². The van der Waals surface area contributed by atoms with Crippen molar-refractivity contribution < 1.29 is 23.4 Å². The van der Waals surface area contributed by atoms with Crippen LogP contribution in [0, 0.1) is 0 Å². The van der Waals surface area contributed by atoms with Crippen LogP contribution in [-0.2, 0) is 4.74 Å². The van der Waals surface area contributed by atoms with Crippen molar-refractivity contribution in [1.82, 2.24) is 10.2 Å². The Balaban J connectivity index is 1.71. The van der Waals surface area contributed by atoms with Gasteiger partial charge in [-0.15, -0.1) is 0 Å². The number of furan rings is 1. The highest BCUT2D eigenvalue weighted by Crippen LogP contribution is 2.25. The Bertz CT molecular complexity index is 711. The van der Waals surface area contributed by atoms with Crippen LogP contribution in [-0.4, -0.2) is 57.9 Å². The number of hydrogen-bond acceptors (Lipinski definition) is 6. The van der Waals surface area contributed by atoms with Crippen LogP contribution in [0.2, 0.25) is 0 Å². The lowest BCUT2D eigenvalue weighted by Crippen LogP contribution is -2.43. The summed E-state index contributed by atoms with van der Waals surface area (Å²) in [6, 6.07) is 8.88. The quantitative estimate of drug-likeness (QED) is 0.815. The number of nitrogens with zero attached hydrogens (tertiary/aromatic N) is 1. The third-order valence-corrected chi connectivity index (χ3v) is 4.47. The fourth-order valence-electron chi connectivity index (χ4n) is 3.05. The summed E-state index contributed by atoms with van der Waals surface area (Å²) in [5.74, 6) is 1.74. The lowest BCUT2D eigenvalue weighted by Gasteiger charge is -2.33. The van der Waals surface area contributed by atoms with E-state index in [0.29, 0.717) is 36.8 Å². The molecule has 26 heavy (non-hydrogen) atoms. The van der Waals surface area contributed by atoms with Gasteiger partial charge in [0.05, 0.1) is 45.3 Å². The molecule has 0 spiro atoms. The van der Waals surface area contributed by atoms with Crippen LogP contribution < -0.4 is 14.8 Å². The Morgan fingerprint density at radius 1 is 1.23 bits per heavy atom. The molecule has 7 nitrogen and oxygen atoms in total. The average Bonchev–Trinajstić information content (AvgIpc) is 3.22. The molecule has 1 amide bonds. The maximum absolute atomic E-state index is 12.7. The summed E-state index contributed by atoms with van der Waals surface area (Å²) < 4.78 is 21.5. The van der Waals surface area contributed by atoms with E-state index in [-0.39, 0.29) is 11.9 Å². The van der Waals surface area contributed by atoms with Gasteiger partial charge >= 0.3 is 0 Å². The molecule has 3 rings (SSSR count). The summed E-state index contributed by atoms with van der Waals surface area (Å²) in [7, 11) is 3.11. The van der Waals surface area contributed by atoms with E-state index in [1.165, 1.54) is 7.11 Å². The number of hydrogen-bond donors (Lipinski definition) is 1. The molecule has 1 N–H and O–H groups in total. The Labute approximate surface area is 152 Å². The van der Waals surface area contributed by atoms with E-state index >= 15 is 0 Å². The van der Waals surface area contributed by atoms with E-state index in [4.69, 9.17) is 18.6 Å². The molecule has 0 radical (unpaired) electrons. The Morgan fingerprint density at radius 3 is 2.69 bits per heavy atom. The van der Waals surface area contributed by atoms with Crippen LogP contribution in [0.1, 0.15) is 22.2 Å². The van der Waals surface area contributed by atoms with Crippen LogP contribution in [0.3, 0.4) is 0 Å². The van der Waals surface area contributed by atoms with Crippen molar-refractivity contribution in [3.05, 3.63) is 47.9 Å². The van der Waals surface area contributed by atoms with E-state index in [9.17, 15) is 4.79 Å². The molecule has 0 aliphatic carbocycles. The number of carbonyl (C=O) groups is 1. The van der Waals surface area contributed by atoms with Crippen LogP contribution in [0.4, 0.5) is 0 Å². The van der Waals surface area contributed by atoms with Crippen molar-refractivity contribution in [3.63, 3.8) is 0 Å². The summed E-state index contributed by atoms with van der Waals surface area (Å²) in [6.45, 7) is 3.39. The topological polar surface area (TPSA) is 73.2 Å². The molecule has 140 valence electrons. The third kappa shape index (κ3) is 4.17. The number of benzene rings is 1. The number of methoxy groups -OCH3 is 2. The number of amides is 1. The minimum absolute atomic E-state index is 0.0397. The van der Waals surface area contributed by atoms with Gasteiger partial charge < -0.3 is 23.9 Å². The van der Waals surface area contributed by atoms with E-state index < -0.39 is 0 Å². The van der Waals surface area contributed by atoms with Crippen LogP contribution >= 0.6 is 0 Å². The second-order valence-electron chi connectivity index (χ2n) is 5.96. The molecule has 1 fully saturated rings. The average molecular weight is 360 g/mol. The SMILES string of the molecule is COc1ccc(C(=O)NCC(c2ccco2)N2CCOCC2)c(OC)c1.